The molecule has 0 bridgehead atoms. The van der Waals surface area contributed by atoms with Gasteiger partial charge in [0.1, 0.15) is 5.82 Å². The Morgan fingerprint density at radius 2 is 1.79 bits per heavy atom. The Morgan fingerprint density at radius 3 is 2.49 bits per heavy atom. The average Bonchev–Trinajstić information content (AvgIpc) is 3.20. The van der Waals surface area contributed by atoms with Crippen LogP contribution in [0.5, 0.6) is 0 Å². The third-order valence-electron chi connectivity index (χ3n) is 7.08. The molecule has 4 aromatic rings. The highest BCUT2D eigenvalue weighted by Crippen LogP contribution is 2.32. The summed E-state index contributed by atoms with van der Waals surface area (Å²) in [7, 11) is 1.76. The van der Waals surface area contributed by atoms with Gasteiger partial charge in [0.15, 0.2) is 5.69 Å². The van der Waals surface area contributed by atoms with Gasteiger partial charge in [0, 0.05) is 38.1 Å². The number of carbonyl (C=O) groups is 1. The lowest BCUT2D eigenvalue weighted by atomic mass is 9.85. The van der Waals surface area contributed by atoms with Gasteiger partial charge in [0.25, 0.3) is 5.91 Å². The summed E-state index contributed by atoms with van der Waals surface area (Å²) in [6.45, 7) is 0.493. The van der Waals surface area contributed by atoms with Crippen molar-refractivity contribution < 1.29 is 18.0 Å². The molecular formula is C27H26ClF3N6O2. The zero-order valence-electron chi connectivity index (χ0n) is 21.0. The number of hydrogen-bond donors (Lipinski definition) is 2. The van der Waals surface area contributed by atoms with Crippen LogP contribution in [0.4, 0.5) is 19.0 Å². The SMILES string of the molecule is CNc1cc(-n2c(=O)n(C[C@H]3CC[C@H](NC(=O)c4cc(Cl)cnc4C(F)(F)F)CC3)c3ccccc32)ccn1. The largest absolute Gasteiger partial charge is 0.434 e. The summed E-state index contributed by atoms with van der Waals surface area (Å²) in [5.41, 5.74) is 0.294. The number of amides is 1. The third-order valence-corrected chi connectivity index (χ3v) is 7.29. The van der Waals surface area contributed by atoms with Crippen LogP contribution in [0, 0.1) is 5.92 Å². The van der Waals surface area contributed by atoms with Crippen LogP contribution >= 0.6 is 11.6 Å². The Bertz CT molecular complexity index is 1570. The number of carbonyl (C=O) groups excluding carboxylic acids is 1. The molecule has 2 N–H and O–H groups in total. The average molecular weight is 559 g/mol. The van der Waals surface area contributed by atoms with E-state index in [0.29, 0.717) is 43.7 Å². The van der Waals surface area contributed by atoms with E-state index in [-0.39, 0.29) is 22.7 Å². The summed E-state index contributed by atoms with van der Waals surface area (Å²) in [6.07, 6.45) is 0.314. The number of nitrogens with zero attached hydrogens (tertiary/aromatic N) is 4. The molecule has 1 fully saturated rings. The summed E-state index contributed by atoms with van der Waals surface area (Å²) < 4.78 is 43.5. The first-order valence-corrected chi connectivity index (χ1v) is 12.9. The zero-order chi connectivity index (χ0) is 27.7. The van der Waals surface area contributed by atoms with E-state index in [1.807, 2.05) is 30.3 Å². The number of imidazole rings is 1. The van der Waals surface area contributed by atoms with Crippen molar-refractivity contribution in [2.75, 3.05) is 12.4 Å². The maximum absolute atomic E-state index is 13.6. The van der Waals surface area contributed by atoms with Gasteiger partial charge in [-0.2, -0.15) is 13.2 Å². The molecule has 39 heavy (non-hydrogen) atoms. The fraction of sp³-hybridized carbons (Fsp3) is 0.333. The number of fused-ring (bicyclic) bond motifs is 1. The van der Waals surface area contributed by atoms with Gasteiger partial charge in [-0.1, -0.05) is 23.7 Å². The fourth-order valence-corrected chi connectivity index (χ4v) is 5.34. The quantitative estimate of drug-likeness (QED) is 0.336. The first-order chi connectivity index (χ1) is 18.7. The molecule has 1 aliphatic carbocycles. The second kappa shape index (κ2) is 10.7. The highest BCUT2D eigenvalue weighted by molar-refractivity contribution is 6.30. The predicted molar refractivity (Wildman–Crippen MR) is 142 cm³/mol. The van der Waals surface area contributed by atoms with Gasteiger partial charge in [-0.25, -0.2) is 14.8 Å². The lowest BCUT2D eigenvalue weighted by Crippen LogP contribution is -2.39. The van der Waals surface area contributed by atoms with Crippen molar-refractivity contribution in [2.24, 2.45) is 5.92 Å². The highest BCUT2D eigenvalue weighted by Gasteiger charge is 2.38. The van der Waals surface area contributed by atoms with Gasteiger partial charge >= 0.3 is 11.9 Å². The molecule has 1 amide bonds. The molecule has 3 aromatic heterocycles. The van der Waals surface area contributed by atoms with E-state index in [2.05, 4.69) is 20.6 Å². The summed E-state index contributed by atoms with van der Waals surface area (Å²) in [5, 5.41) is 5.66. The van der Waals surface area contributed by atoms with Crippen molar-refractivity contribution in [2.45, 2.75) is 44.4 Å². The monoisotopic (exact) mass is 558 g/mol. The molecule has 0 aliphatic heterocycles. The molecule has 12 heteroatoms. The number of hydrogen-bond acceptors (Lipinski definition) is 5. The van der Waals surface area contributed by atoms with Gasteiger partial charge in [-0.15, -0.1) is 0 Å². The normalized spacial score (nSPS) is 17.8. The standard InChI is InChI=1S/C27H26ClF3N6O2/c1-32-23-13-19(10-11-33-23)37-22-5-3-2-4-21(22)36(26(37)39)15-16-6-8-18(9-7-16)35-25(38)20-12-17(28)14-34-24(20)27(29,30)31/h2-5,10-14,16,18H,6-9,15H2,1H3,(H,32,33)(H,35,38)/t16-,18-. The minimum atomic E-state index is -4.77. The van der Waals surface area contributed by atoms with E-state index in [1.165, 1.54) is 0 Å². The minimum absolute atomic E-state index is 0.0459. The van der Waals surface area contributed by atoms with Gasteiger partial charge in [-0.05, 0) is 55.9 Å². The predicted octanol–water partition coefficient (Wildman–Crippen LogP) is 5.28. The highest BCUT2D eigenvalue weighted by atomic mass is 35.5. The topological polar surface area (TPSA) is 93.8 Å². The summed E-state index contributed by atoms with van der Waals surface area (Å²) in [6, 6.07) is 11.9. The van der Waals surface area contributed by atoms with Crippen molar-refractivity contribution in [1.29, 1.82) is 0 Å². The fourth-order valence-electron chi connectivity index (χ4n) is 5.18. The molecule has 0 atom stereocenters. The van der Waals surface area contributed by atoms with Crippen LogP contribution in [0.1, 0.15) is 41.7 Å². The van der Waals surface area contributed by atoms with E-state index < -0.39 is 23.3 Å². The maximum atomic E-state index is 13.6. The third kappa shape index (κ3) is 5.49. The van der Waals surface area contributed by atoms with E-state index in [9.17, 15) is 22.8 Å². The van der Waals surface area contributed by atoms with E-state index in [4.69, 9.17) is 11.6 Å². The smallest absolute Gasteiger partial charge is 0.373 e. The van der Waals surface area contributed by atoms with E-state index >= 15 is 0 Å². The van der Waals surface area contributed by atoms with Gasteiger partial charge in [0.2, 0.25) is 0 Å². The van der Waals surface area contributed by atoms with Crippen molar-refractivity contribution in [1.82, 2.24) is 24.4 Å². The molecule has 8 nitrogen and oxygen atoms in total. The summed E-state index contributed by atoms with van der Waals surface area (Å²) in [4.78, 5) is 33.9. The van der Waals surface area contributed by atoms with E-state index in [1.54, 1.807) is 28.4 Å². The van der Waals surface area contributed by atoms with Gasteiger partial charge in [-0.3, -0.25) is 13.9 Å². The van der Waals surface area contributed by atoms with Crippen LogP contribution in [-0.4, -0.2) is 38.1 Å². The number of alkyl halides is 3. The van der Waals surface area contributed by atoms with E-state index in [0.717, 1.165) is 23.3 Å². The van der Waals surface area contributed by atoms with Crippen LogP contribution in [-0.2, 0) is 12.7 Å². The second-order valence-corrected chi connectivity index (χ2v) is 10.0. The molecule has 0 spiro atoms. The van der Waals surface area contributed by atoms with Gasteiger partial charge in [0.05, 0.1) is 27.3 Å². The zero-order valence-corrected chi connectivity index (χ0v) is 21.8. The molecule has 0 radical (unpaired) electrons. The van der Waals surface area contributed by atoms with Crippen molar-refractivity contribution in [3.63, 3.8) is 0 Å². The molecule has 1 aromatic carbocycles. The Balaban J connectivity index is 1.31. The molecule has 1 saturated carbocycles. The minimum Gasteiger partial charge on any atom is -0.373 e. The number of nitrogens with one attached hydrogen (secondary N) is 2. The van der Waals surface area contributed by atoms with Gasteiger partial charge < -0.3 is 10.6 Å². The Morgan fingerprint density at radius 1 is 1.08 bits per heavy atom. The molecular weight excluding hydrogens is 533 g/mol. The lowest BCUT2D eigenvalue weighted by Gasteiger charge is -2.29. The number of rotatable bonds is 6. The van der Waals surface area contributed by atoms with Crippen LogP contribution in [0.25, 0.3) is 16.7 Å². The molecule has 204 valence electrons. The molecule has 0 unspecified atom stereocenters. The summed E-state index contributed by atoms with van der Waals surface area (Å²) >= 11 is 5.81. The first kappa shape index (κ1) is 26.7. The second-order valence-electron chi connectivity index (χ2n) is 9.61. The first-order valence-electron chi connectivity index (χ1n) is 12.5. The van der Waals surface area contributed by atoms with Crippen molar-refractivity contribution in [3.05, 3.63) is 81.6 Å². The Hall–Kier alpha value is -3.86. The van der Waals surface area contributed by atoms with Crippen LogP contribution in [0.2, 0.25) is 5.02 Å². The number of aromatic nitrogens is 4. The number of halogens is 4. The molecule has 1 aliphatic rings. The number of para-hydroxylation sites is 2. The lowest BCUT2D eigenvalue weighted by molar-refractivity contribution is -0.141. The Labute approximate surface area is 226 Å². The number of benzene rings is 1. The van der Waals surface area contributed by atoms with Crippen LogP contribution in [0.3, 0.4) is 0 Å². The Kier molecular flexibility index (Phi) is 7.35. The van der Waals surface area contributed by atoms with Crippen LogP contribution in [0.15, 0.2) is 59.7 Å². The number of pyridine rings is 2. The number of anilines is 1. The summed E-state index contributed by atoms with van der Waals surface area (Å²) in [5.74, 6) is -0.0372. The molecule has 5 rings (SSSR count). The molecule has 3 heterocycles. The van der Waals surface area contributed by atoms with Crippen molar-refractivity contribution in [3.8, 4) is 5.69 Å². The van der Waals surface area contributed by atoms with Crippen LogP contribution < -0.4 is 16.3 Å². The maximum Gasteiger partial charge on any atom is 0.434 e. The van der Waals surface area contributed by atoms with Crippen molar-refractivity contribution >= 4 is 34.4 Å². The molecule has 0 saturated heterocycles.